The van der Waals surface area contributed by atoms with Gasteiger partial charge < -0.3 is 14.9 Å². The molecule has 1 aromatic carbocycles. The Kier molecular flexibility index (Phi) is 7.19. The van der Waals surface area contributed by atoms with Crippen LogP contribution in [0.15, 0.2) is 41.4 Å². The Morgan fingerprint density at radius 3 is 2.55 bits per heavy atom. The first-order valence-electron chi connectivity index (χ1n) is 11.7. The molecule has 0 amide bonds. The molecule has 8 nitrogen and oxygen atoms in total. The maximum atomic E-state index is 13.1. The molecule has 9 heteroatoms. The number of sulfonamides is 1. The zero-order valence-electron chi connectivity index (χ0n) is 19.0. The molecule has 2 saturated heterocycles. The molecule has 3 heterocycles. The molecule has 2 aliphatic heterocycles. The van der Waals surface area contributed by atoms with E-state index < -0.39 is 16.0 Å². The molecule has 178 valence electrons. The lowest BCUT2D eigenvalue weighted by molar-refractivity contribution is 0.0696. The normalized spacial score (nSPS) is 19.5. The molecule has 0 unspecified atom stereocenters. The van der Waals surface area contributed by atoms with Gasteiger partial charge in [-0.3, -0.25) is 4.72 Å². The van der Waals surface area contributed by atoms with Crippen molar-refractivity contribution in [3.8, 4) is 0 Å². The highest BCUT2D eigenvalue weighted by atomic mass is 32.2. The first-order valence-corrected chi connectivity index (χ1v) is 13.2. The molecule has 0 spiro atoms. The number of benzene rings is 1. The Morgan fingerprint density at radius 1 is 1.15 bits per heavy atom. The molecule has 33 heavy (non-hydrogen) atoms. The number of hydrogen-bond donors (Lipinski definition) is 2. The number of nitrogens with zero attached hydrogens (tertiary/aromatic N) is 3. The van der Waals surface area contributed by atoms with E-state index in [9.17, 15) is 18.3 Å². The van der Waals surface area contributed by atoms with Gasteiger partial charge >= 0.3 is 5.97 Å². The molecule has 0 bridgehead atoms. The van der Waals surface area contributed by atoms with Crippen molar-refractivity contribution >= 4 is 27.5 Å². The van der Waals surface area contributed by atoms with E-state index in [1.54, 1.807) is 24.3 Å². The van der Waals surface area contributed by atoms with Crippen molar-refractivity contribution < 1.29 is 18.3 Å². The average Bonchev–Trinajstić information content (AvgIpc) is 3.32. The van der Waals surface area contributed by atoms with Gasteiger partial charge in [-0.15, -0.1) is 0 Å². The lowest BCUT2D eigenvalue weighted by Gasteiger charge is -2.36. The third kappa shape index (κ3) is 5.65. The number of hydrogen-bond acceptors (Lipinski definition) is 6. The zero-order chi connectivity index (χ0) is 23.4. The van der Waals surface area contributed by atoms with Crippen LogP contribution in [0.3, 0.4) is 0 Å². The van der Waals surface area contributed by atoms with Crippen molar-refractivity contribution in [1.82, 2.24) is 9.88 Å². The highest BCUT2D eigenvalue weighted by molar-refractivity contribution is 7.92. The van der Waals surface area contributed by atoms with E-state index in [-0.39, 0.29) is 16.1 Å². The van der Waals surface area contributed by atoms with Crippen LogP contribution in [0.1, 0.15) is 48.5 Å². The van der Waals surface area contributed by atoms with Gasteiger partial charge in [0.2, 0.25) is 0 Å². The minimum absolute atomic E-state index is 0.0524. The number of carboxylic acids is 1. The standard InChI is InChI=1S/C24H32N4O4S/c1-2-18-7-9-21(10-8-18)33(31,32)26-22-14-20(24(29)30)15-25-23(22)28-13-5-6-19(17-28)16-27-11-3-4-12-27/h7-10,14-15,19,26H,2-6,11-13,16-17H2,1H3,(H,29,30)/t19-/m1/s1. The summed E-state index contributed by atoms with van der Waals surface area (Å²) in [7, 11) is -3.89. The predicted molar refractivity (Wildman–Crippen MR) is 128 cm³/mol. The number of carboxylic acid groups (broad SMARTS) is 1. The minimum Gasteiger partial charge on any atom is -0.478 e. The number of piperidine rings is 1. The maximum absolute atomic E-state index is 13.1. The Labute approximate surface area is 195 Å². The zero-order valence-corrected chi connectivity index (χ0v) is 19.9. The third-order valence-electron chi connectivity index (χ3n) is 6.53. The molecule has 0 aliphatic carbocycles. The topological polar surface area (TPSA) is 103 Å². The second-order valence-electron chi connectivity index (χ2n) is 8.97. The van der Waals surface area contributed by atoms with Crippen molar-refractivity contribution in [3.63, 3.8) is 0 Å². The van der Waals surface area contributed by atoms with Gasteiger partial charge in [-0.05, 0) is 74.9 Å². The number of anilines is 2. The minimum atomic E-state index is -3.89. The van der Waals surface area contributed by atoms with Crippen LogP contribution in [0.2, 0.25) is 0 Å². The Balaban J connectivity index is 1.59. The van der Waals surface area contributed by atoms with Crippen LogP contribution in [0, 0.1) is 5.92 Å². The van der Waals surface area contributed by atoms with E-state index in [0.29, 0.717) is 11.7 Å². The predicted octanol–water partition coefficient (Wildman–Crippen LogP) is 3.46. The van der Waals surface area contributed by atoms with Crippen molar-refractivity contribution in [1.29, 1.82) is 0 Å². The summed E-state index contributed by atoms with van der Waals surface area (Å²) in [6.07, 6.45) is 6.74. The largest absolute Gasteiger partial charge is 0.478 e. The number of nitrogens with one attached hydrogen (secondary N) is 1. The molecular formula is C24H32N4O4S. The lowest BCUT2D eigenvalue weighted by atomic mass is 9.97. The van der Waals surface area contributed by atoms with E-state index >= 15 is 0 Å². The second-order valence-corrected chi connectivity index (χ2v) is 10.6. The average molecular weight is 473 g/mol. The summed E-state index contributed by atoms with van der Waals surface area (Å²) in [4.78, 5) is 20.7. The van der Waals surface area contributed by atoms with Crippen LogP contribution in [0.5, 0.6) is 0 Å². The second kappa shape index (κ2) is 10.1. The summed E-state index contributed by atoms with van der Waals surface area (Å²) in [5, 5.41) is 9.45. The molecular weight excluding hydrogens is 440 g/mol. The van der Waals surface area contributed by atoms with Crippen LogP contribution in [0.25, 0.3) is 0 Å². The fourth-order valence-electron chi connectivity index (χ4n) is 4.75. The van der Waals surface area contributed by atoms with Gasteiger partial charge in [-0.25, -0.2) is 18.2 Å². The molecule has 1 atom stereocenters. The van der Waals surface area contributed by atoms with E-state index in [4.69, 9.17) is 0 Å². The number of aromatic carboxylic acids is 1. The van der Waals surface area contributed by atoms with Crippen molar-refractivity contribution in [2.45, 2.75) is 43.9 Å². The van der Waals surface area contributed by atoms with Crippen LogP contribution < -0.4 is 9.62 Å². The summed E-state index contributed by atoms with van der Waals surface area (Å²) in [6.45, 7) is 6.86. The van der Waals surface area contributed by atoms with Crippen molar-refractivity contribution in [2.75, 3.05) is 42.3 Å². The van der Waals surface area contributed by atoms with E-state index in [2.05, 4.69) is 19.5 Å². The van der Waals surface area contributed by atoms with Gasteiger partial charge in [-0.1, -0.05) is 19.1 Å². The number of aromatic nitrogens is 1. The molecule has 0 saturated carbocycles. The Morgan fingerprint density at radius 2 is 1.88 bits per heavy atom. The smallest absolute Gasteiger partial charge is 0.337 e. The summed E-state index contributed by atoms with van der Waals surface area (Å²) >= 11 is 0. The molecule has 4 rings (SSSR count). The molecule has 2 aromatic rings. The molecule has 1 aromatic heterocycles. The van der Waals surface area contributed by atoms with Gasteiger partial charge in [-0.2, -0.15) is 0 Å². The molecule has 2 aliphatic rings. The quantitative estimate of drug-likeness (QED) is 0.606. The monoisotopic (exact) mass is 472 g/mol. The van der Waals surface area contributed by atoms with Crippen molar-refractivity contribution in [3.05, 3.63) is 47.7 Å². The number of rotatable bonds is 8. The molecule has 2 fully saturated rings. The number of likely N-dealkylation sites (tertiary alicyclic amines) is 1. The first kappa shape index (κ1) is 23.5. The Hall–Kier alpha value is -2.65. The number of carbonyl (C=O) groups is 1. The summed E-state index contributed by atoms with van der Waals surface area (Å²) in [5.41, 5.74) is 1.20. The van der Waals surface area contributed by atoms with Gasteiger partial charge in [0.15, 0.2) is 5.82 Å². The van der Waals surface area contributed by atoms with Gasteiger partial charge in [0.1, 0.15) is 0 Å². The van der Waals surface area contributed by atoms with Crippen LogP contribution in [-0.4, -0.2) is 62.1 Å². The summed E-state index contributed by atoms with van der Waals surface area (Å²) in [6, 6.07) is 8.08. The van der Waals surface area contributed by atoms with Crippen LogP contribution in [0.4, 0.5) is 11.5 Å². The fourth-order valence-corrected chi connectivity index (χ4v) is 5.80. The third-order valence-corrected chi connectivity index (χ3v) is 7.91. The number of aryl methyl sites for hydroxylation is 1. The van der Waals surface area contributed by atoms with Gasteiger partial charge in [0.25, 0.3) is 10.0 Å². The van der Waals surface area contributed by atoms with E-state index in [0.717, 1.165) is 57.5 Å². The van der Waals surface area contributed by atoms with E-state index in [1.165, 1.54) is 25.1 Å². The first-order chi connectivity index (χ1) is 15.9. The SMILES string of the molecule is CCc1ccc(S(=O)(=O)Nc2cc(C(=O)O)cnc2N2CCC[C@H](CN3CCCC3)C2)cc1. The van der Waals surface area contributed by atoms with Crippen molar-refractivity contribution in [2.24, 2.45) is 5.92 Å². The summed E-state index contributed by atoms with van der Waals surface area (Å²) in [5.74, 6) is -0.184. The highest BCUT2D eigenvalue weighted by Gasteiger charge is 2.27. The molecule has 2 N–H and O–H groups in total. The molecule has 0 radical (unpaired) electrons. The lowest BCUT2D eigenvalue weighted by Crippen LogP contribution is -2.41. The summed E-state index contributed by atoms with van der Waals surface area (Å²) < 4.78 is 28.8. The Bertz CT molecular complexity index is 1080. The van der Waals surface area contributed by atoms with Gasteiger partial charge in [0, 0.05) is 25.8 Å². The highest BCUT2D eigenvalue weighted by Crippen LogP contribution is 2.31. The van der Waals surface area contributed by atoms with Crippen LogP contribution in [-0.2, 0) is 16.4 Å². The van der Waals surface area contributed by atoms with Crippen LogP contribution >= 0.6 is 0 Å². The fraction of sp³-hybridized carbons (Fsp3) is 0.500. The van der Waals surface area contributed by atoms with E-state index in [1.807, 2.05) is 6.92 Å². The van der Waals surface area contributed by atoms with Gasteiger partial charge in [0.05, 0.1) is 16.1 Å². The number of pyridine rings is 1. The maximum Gasteiger partial charge on any atom is 0.337 e.